The molecule has 2 saturated carbocycles. The number of guanidine groups is 1. The van der Waals surface area contributed by atoms with Crippen molar-refractivity contribution < 1.29 is 9.53 Å². The van der Waals surface area contributed by atoms with Crippen LogP contribution in [0, 0.1) is 11.8 Å². The zero-order valence-corrected chi connectivity index (χ0v) is 16.8. The molecule has 6 heteroatoms. The molecule has 0 aromatic rings. The number of hydrogen-bond donors (Lipinski definition) is 2. The number of carbonyl (C=O) groups excluding carboxylic acids is 1. The maximum absolute atomic E-state index is 11.7. The zero-order valence-electron chi connectivity index (χ0n) is 14.5. The van der Waals surface area contributed by atoms with E-state index in [1.807, 2.05) is 14.0 Å². The standard InChI is InChI=1S/C17H31N3O2.HI/c1-3-22-16(21)14-8-10-15(11-9-14)20-17(18-2)19-12-4-5-13-6-7-13;/h13-15H,3-12H2,1-2H3,(H2,18,19,20);1H. The van der Waals surface area contributed by atoms with Gasteiger partial charge in [-0.3, -0.25) is 9.79 Å². The molecule has 2 aliphatic carbocycles. The van der Waals surface area contributed by atoms with Gasteiger partial charge in [-0.1, -0.05) is 12.8 Å². The summed E-state index contributed by atoms with van der Waals surface area (Å²) < 4.78 is 5.11. The number of carbonyl (C=O) groups is 1. The Morgan fingerprint density at radius 2 is 1.87 bits per heavy atom. The summed E-state index contributed by atoms with van der Waals surface area (Å²) in [6.07, 6.45) is 9.26. The lowest BCUT2D eigenvalue weighted by Crippen LogP contribution is -2.45. The zero-order chi connectivity index (χ0) is 15.8. The quantitative estimate of drug-likeness (QED) is 0.211. The normalized spacial score (nSPS) is 24.5. The number of aliphatic imine (C=N–C) groups is 1. The Labute approximate surface area is 157 Å². The number of nitrogens with one attached hydrogen (secondary N) is 2. The first kappa shape index (κ1) is 20.5. The van der Waals surface area contributed by atoms with Gasteiger partial charge < -0.3 is 15.4 Å². The summed E-state index contributed by atoms with van der Waals surface area (Å²) in [4.78, 5) is 16.0. The molecule has 0 bridgehead atoms. The number of hydrogen-bond acceptors (Lipinski definition) is 3. The highest BCUT2D eigenvalue weighted by molar-refractivity contribution is 14.0. The molecule has 2 rings (SSSR count). The first-order valence-corrected chi connectivity index (χ1v) is 8.86. The van der Waals surface area contributed by atoms with E-state index in [2.05, 4.69) is 15.6 Å². The first-order valence-electron chi connectivity index (χ1n) is 8.86. The predicted molar refractivity (Wildman–Crippen MR) is 104 cm³/mol. The van der Waals surface area contributed by atoms with Gasteiger partial charge in [0.25, 0.3) is 0 Å². The topological polar surface area (TPSA) is 62.7 Å². The summed E-state index contributed by atoms with van der Waals surface area (Å²) in [6.45, 7) is 3.34. The van der Waals surface area contributed by atoms with Crippen LogP contribution in [0.3, 0.4) is 0 Å². The predicted octanol–water partition coefficient (Wildman–Crippen LogP) is 3.08. The number of ether oxygens (including phenoxy) is 1. The van der Waals surface area contributed by atoms with Crippen molar-refractivity contribution in [3.8, 4) is 0 Å². The molecule has 23 heavy (non-hydrogen) atoms. The van der Waals surface area contributed by atoms with Crippen molar-refractivity contribution >= 4 is 35.9 Å². The van der Waals surface area contributed by atoms with E-state index in [9.17, 15) is 4.79 Å². The molecule has 2 fully saturated rings. The average Bonchev–Trinajstić information content (AvgIpc) is 3.35. The highest BCUT2D eigenvalue weighted by atomic mass is 127. The fraction of sp³-hybridized carbons (Fsp3) is 0.882. The van der Waals surface area contributed by atoms with Gasteiger partial charge in [-0.25, -0.2) is 0 Å². The second-order valence-corrected chi connectivity index (χ2v) is 6.53. The molecule has 5 nitrogen and oxygen atoms in total. The molecule has 0 amide bonds. The van der Waals surface area contributed by atoms with Gasteiger partial charge in [0, 0.05) is 19.6 Å². The van der Waals surface area contributed by atoms with Crippen molar-refractivity contribution in [1.29, 1.82) is 0 Å². The second kappa shape index (κ2) is 11.1. The van der Waals surface area contributed by atoms with Crippen molar-refractivity contribution in [2.24, 2.45) is 16.8 Å². The van der Waals surface area contributed by atoms with Gasteiger partial charge in [0.2, 0.25) is 0 Å². The lowest BCUT2D eigenvalue weighted by atomic mass is 9.86. The van der Waals surface area contributed by atoms with Crippen LogP contribution < -0.4 is 10.6 Å². The Balaban J connectivity index is 0.00000264. The van der Waals surface area contributed by atoms with Crippen LogP contribution in [0.4, 0.5) is 0 Å². The van der Waals surface area contributed by atoms with Crippen LogP contribution in [0.5, 0.6) is 0 Å². The van der Waals surface area contributed by atoms with Crippen LogP contribution in [0.1, 0.15) is 58.3 Å². The highest BCUT2D eigenvalue weighted by Gasteiger charge is 2.27. The fourth-order valence-electron chi connectivity index (χ4n) is 3.13. The van der Waals surface area contributed by atoms with Crippen LogP contribution >= 0.6 is 24.0 Å². The summed E-state index contributed by atoms with van der Waals surface area (Å²) in [5, 5.41) is 6.89. The summed E-state index contributed by atoms with van der Waals surface area (Å²) in [5.41, 5.74) is 0. The van der Waals surface area contributed by atoms with Crippen molar-refractivity contribution in [2.75, 3.05) is 20.2 Å². The molecule has 0 aromatic carbocycles. The molecule has 134 valence electrons. The van der Waals surface area contributed by atoms with Crippen LogP contribution in [0.25, 0.3) is 0 Å². The molecule has 0 heterocycles. The first-order chi connectivity index (χ1) is 10.7. The minimum absolute atomic E-state index is 0. The molecule has 2 N–H and O–H groups in total. The highest BCUT2D eigenvalue weighted by Crippen LogP contribution is 2.33. The Kier molecular flexibility index (Phi) is 9.90. The molecule has 0 unspecified atom stereocenters. The van der Waals surface area contributed by atoms with Gasteiger partial charge >= 0.3 is 5.97 Å². The minimum atomic E-state index is -0.0245. The van der Waals surface area contributed by atoms with E-state index in [4.69, 9.17) is 4.74 Å². The van der Waals surface area contributed by atoms with Crippen LogP contribution in [-0.4, -0.2) is 38.2 Å². The van der Waals surface area contributed by atoms with E-state index in [1.54, 1.807) is 0 Å². The van der Waals surface area contributed by atoms with E-state index < -0.39 is 0 Å². The van der Waals surface area contributed by atoms with Crippen molar-refractivity contribution in [2.45, 2.75) is 64.3 Å². The molecule has 0 atom stereocenters. The van der Waals surface area contributed by atoms with Gasteiger partial charge in [0.05, 0.1) is 12.5 Å². The third-order valence-corrected chi connectivity index (χ3v) is 4.69. The monoisotopic (exact) mass is 437 g/mol. The maximum Gasteiger partial charge on any atom is 0.308 e. The molecule has 0 aliphatic heterocycles. The van der Waals surface area contributed by atoms with Crippen molar-refractivity contribution in [3.05, 3.63) is 0 Å². The molecular formula is C17H32IN3O2. The van der Waals surface area contributed by atoms with Gasteiger partial charge in [-0.05, 0) is 51.4 Å². The van der Waals surface area contributed by atoms with E-state index in [0.29, 0.717) is 12.6 Å². The minimum Gasteiger partial charge on any atom is -0.466 e. The molecule has 2 aliphatic rings. The second-order valence-electron chi connectivity index (χ2n) is 6.53. The third-order valence-electron chi connectivity index (χ3n) is 4.69. The summed E-state index contributed by atoms with van der Waals surface area (Å²) >= 11 is 0. The Morgan fingerprint density at radius 1 is 1.17 bits per heavy atom. The molecule has 0 radical (unpaired) electrons. The summed E-state index contributed by atoms with van der Waals surface area (Å²) in [7, 11) is 1.82. The van der Waals surface area contributed by atoms with E-state index in [1.165, 1.54) is 25.7 Å². The largest absolute Gasteiger partial charge is 0.466 e. The Morgan fingerprint density at radius 3 is 2.43 bits per heavy atom. The van der Waals surface area contributed by atoms with Crippen molar-refractivity contribution in [3.63, 3.8) is 0 Å². The van der Waals surface area contributed by atoms with Crippen LogP contribution in [-0.2, 0) is 9.53 Å². The number of esters is 1. The smallest absolute Gasteiger partial charge is 0.308 e. The SMILES string of the molecule is CCOC(=O)C1CCC(NC(=NC)NCCCC2CC2)CC1.I. The summed E-state index contributed by atoms with van der Waals surface area (Å²) in [5.74, 6) is 1.96. The van der Waals surface area contributed by atoms with Crippen molar-refractivity contribution in [1.82, 2.24) is 10.6 Å². The van der Waals surface area contributed by atoms with E-state index in [-0.39, 0.29) is 35.9 Å². The van der Waals surface area contributed by atoms with Crippen LogP contribution in [0.15, 0.2) is 4.99 Å². The third kappa shape index (κ3) is 7.72. The Hall–Kier alpha value is -0.530. The number of halogens is 1. The van der Waals surface area contributed by atoms with E-state index >= 15 is 0 Å². The maximum atomic E-state index is 11.7. The van der Waals surface area contributed by atoms with Gasteiger partial charge in [-0.2, -0.15) is 0 Å². The van der Waals surface area contributed by atoms with Crippen LogP contribution in [0.2, 0.25) is 0 Å². The number of rotatable bonds is 7. The lowest BCUT2D eigenvalue weighted by Gasteiger charge is -2.29. The molecule has 0 aromatic heterocycles. The number of nitrogens with zero attached hydrogens (tertiary/aromatic N) is 1. The summed E-state index contributed by atoms with van der Waals surface area (Å²) in [6, 6.07) is 0.417. The van der Waals surface area contributed by atoms with Gasteiger partial charge in [0.1, 0.15) is 0 Å². The average molecular weight is 437 g/mol. The molecule has 0 spiro atoms. The molecule has 0 saturated heterocycles. The van der Waals surface area contributed by atoms with Gasteiger partial charge in [0.15, 0.2) is 5.96 Å². The Bertz CT molecular complexity index is 378. The molecular weight excluding hydrogens is 405 g/mol. The lowest BCUT2D eigenvalue weighted by molar-refractivity contribution is -0.149. The fourth-order valence-corrected chi connectivity index (χ4v) is 3.13. The van der Waals surface area contributed by atoms with Gasteiger partial charge in [-0.15, -0.1) is 24.0 Å². The van der Waals surface area contributed by atoms with E-state index in [0.717, 1.165) is 44.1 Å².